The number of rotatable bonds is 4. The summed E-state index contributed by atoms with van der Waals surface area (Å²) in [5.74, 6) is 0.722. The molecular formula is C14H21Cl2O3P. The Morgan fingerprint density at radius 2 is 1.25 bits per heavy atom. The molecule has 0 fully saturated rings. The van der Waals surface area contributed by atoms with E-state index in [1.165, 1.54) is 0 Å². The first-order chi connectivity index (χ1) is 9.11. The van der Waals surface area contributed by atoms with Crippen molar-refractivity contribution in [2.45, 2.75) is 52.4 Å². The summed E-state index contributed by atoms with van der Waals surface area (Å²) in [6, 6.07) is 6.08. The van der Waals surface area contributed by atoms with Gasteiger partial charge >= 0.3 is 8.60 Å². The third-order valence-electron chi connectivity index (χ3n) is 2.91. The van der Waals surface area contributed by atoms with Crippen molar-refractivity contribution in [1.29, 1.82) is 0 Å². The molecule has 0 unspecified atom stereocenters. The molecule has 1 rings (SSSR count). The lowest BCUT2D eigenvalue weighted by atomic mass is 9.80. The van der Waals surface area contributed by atoms with Gasteiger partial charge in [0.05, 0.1) is 23.7 Å². The minimum Gasteiger partial charge on any atom is -0.424 e. The second-order valence-corrected chi connectivity index (χ2v) is 8.37. The molecule has 0 spiro atoms. The summed E-state index contributed by atoms with van der Waals surface area (Å²) < 4.78 is 15.0. The molecule has 0 atom stereocenters. The van der Waals surface area contributed by atoms with E-state index in [0.717, 1.165) is 16.9 Å². The van der Waals surface area contributed by atoms with E-state index in [0.29, 0.717) is 0 Å². The molecular weight excluding hydrogens is 318 g/mol. The van der Waals surface area contributed by atoms with Gasteiger partial charge in [0.1, 0.15) is 5.75 Å². The van der Waals surface area contributed by atoms with Crippen LogP contribution in [0.3, 0.4) is 0 Å². The molecule has 20 heavy (non-hydrogen) atoms. The van der Waals surface area contributed by atoms with Crippen molar-refractivity contribution in [1.82, 2.24) is 0 Å². The van der Waals surface area contributed by atoms with Gasteiger partial charge in [0.2, 0.25) is 0 Å². The molecule has 0 aliphatic heterocycles. The lowest BCUT2D eigenvalue weighted by molar-refractivity contribution is 0.401. The lowest BCUT2D eigenvalue weighted by Gasteiger charge is -2.29. The molecule has 0 saturated heterocycles. The lowest BCUT2D eigenvalue weighted by Crippen LogP contribution is -2.18. The largest absolute Gasteiger partial charge is 0.433 e. The molecule has 0 aromatic heterocycles. The molecule has 6 heteroatoms. The number of hydrogen-bond donors (Lipinski definition) is 0. The quantitative estimate of drug-likeness (QED) is 0.609. The Balaban J connectivity index is 3.40. The summed E-state index contributed by atoms with van der Waals surface area (Å²) in [7, 11) is -1.83. The van der Waals surface area contributed by atoms with Gasteiger partial charge in [0.25, 0.3) is 0 Å². The van der Waals surface area contributed by atoms with Gasteiger partial charge in [-0.05, 0) is 10.8 Å². The third-order valence-corrected chi connectivity index (χ3v) is 4.14. The Morgan fingerprint density at radius 3 is 1.55 bits per heavy atom. The highest BCUT2D eigenvalue weighted by molar-refractivity contribution is 7.44. The van der Waals surface area contributed by atoms with E-state index >= 15 is 0 Å². The SMILES string of the molecule is CC(C)(C)c1cccc(C(C)(C)C)c1OP(OCl)OCl. The Hall–Kier alpha value is -0.0500. The minimum absolute atomic E-state index is 0.0871. The molecule has 1 aromatic carbocycles. The first-order valence-corrected chi connectivity index (χ1v) is 8.02. The first kappa shape index (κ1) is 18.0. The van der Waals surface area contributed by atoms with E-state index in [2.05, 4.69) is 49.7 Å². The molecule has 0 bridgehead atoms. The van der Waals surface area contributed by atoms with Gasteiger partial charge in [0, 0.05) is 11.1 Å². The Morgan fingerprint density at radius 1 is 0.850 bits per heavy atom. The van der Waals surface area contributed by atoms with Gasteiger partial charge < -0.3 is 4.52 Å². The molecule has 0 heterocycles. The zero-order valence-corrected chi connectivity index (χ0v) is 15.1. The van der Waals surface area contributed by atoms with Crippen molar-refractivity contribution in [3.05, 3.63) is 29.3 Å². The summed E-state index contributed by atoms with van der Waals surface area (Å²) in [6.45, 7) is 12.7. The Bertz CT molecular complexity index is 416. The fourth-order valence-corrected chi connectivity index (χ4v) is 2.78. The van der Waals surface area contributed by atoms with Crippen LogP contribution in [0.1, 0.15) is 52.7 Å². The molecule has 0 aliphatic rings. The van der Waals surface area contributed by atoms with Crippen LogP contribution in [0.15, 0.2) is 18.2 Å². The molecule has 3 nitrogen and oxygen atoms in total. The van der Waals surface area contributed by atoms with Crippen LogP contribution in [-0.4, -0.2) is 0 Å². The molecule has 0 aliphatic carbocycles. The van der Waals surface area contributed by atoms with Crippen LogP contribution in [0.25, 0.3) is 0 Å². The normalized spacial score (nSPS) is 12.8. The smallest absolute Gasteiger partial charge is 0.424 e. The van der Waals surface area contributed by atoms with Gasteiger partial charge in [-0.3, -0.25) is 0 Å². The minimum atomic E-state index is -1.83. The van der Waals surface area contributed by atoms with E-state index in [1.54, 1.807) is 0 Å². The van der Waals surface area contributed by atoms with Gasteiger partial charge in [-0.25, -0.2) is 0 Å². The van der Waals surface area contributed by atoms with Crippen molar-refractivity contribution in [2.75, 3.05) is 0 Å². The average molecular weight is 339 g/mol. The van der Waals surface area contributed by atoms with Gasteiger partial charge in [-0.15, -0.1) is 0 Å². The van der Waals surface area contributed by atoms with Gasteiger partial charge in [-0.2, -0.15) is 8.15 Å². The second-order valence-electron chi connectivity index (χ2n) is 6.64. The second kappa shape index (κ2) is 6.81. The number of benzene rings is 1. The van der Waals surface area contributed by atoms with Crippen LogP contribution in [-0.2, 0) is 19.0 Å². The van der Waals surface area contributed by atoms with E-state index in [1.807, 2.05) is 18.2 Å². The highest BCUT2D eigenvalue weighted by atomic mass is 35.5. The molecule has 0 N–H and O–H groups in total. The maximum atomic E-state index is 5.78. The van der Waals surface area contributed by atoms with Gasteiger partial charge in [0.15, 0.2) is 0 Å². The highest BCUT2D eigenvalue weighted by Gasteiger charge is 2.29. The third kappa shape index (κ3) is 4.47. The summed E-state index contributed by atoms with van der Waals surface area (Å²) >= 11 is 10.7. The van der Waals surface area contributed by atoms with Crippen LogP contribution in [0.4, 0.5) is 0 Å². The maximum absolute atomic E-state index is 5.78. The van der Waals surface area contributed by atoms with Crippen molar-refractivity contribution >= 4 is 32.3 Å². The zero-order chi connectivity index (χ0) is 15.6. The molecule has 1 aromatic rings. The summed E-state index contributed by atoms with van der Waals surface area (Å²) in [6.07, 6.45) is 0. The van der Waals surface area contributed by atoms with E-state index in [9.17, 15) is 0 Å². The monoisotopic (exact) mass is 338 g/mol. The van der Waals surface area contributed by atoms with Crippen LogP contribution in [0.2, 0.25) is 0 Å². The number of halogens is 2. The van der Waals surface area contributed by atoms with Crippen LogP contribution < -0.4 is 4.52 Å². The molecule has 0 radical (unpaired) electrons. The molecule has 0 saturated carbocycles. The van der Waals surface area contributed by atoms with Crippen LogP contribution in [0.5, 0.6) is 5.75 Å². The summed E-state index contributed by atoms with van der Waals surface area (Å²) in [5.41, 5.74) is 1.94. The fourth-order valence-electron chi connectivity index (χ4n) is 1.93. The van der Waals surface area contributed by atoms with Crippen molar-refractivity contribution < 1.29 is 12.7 Å². The maximum Gasteiger partial charge on any atom is 0.433 e. The number of hydrogen-bond acceptors (Lipinski definition) is 3. The Kier molecular flexibility index (Phi) is 6.13. The number of para-hydroxylation sites is 1. The van der Waals surface area contributed by atoms with Crippen molar-refractivity contribution in [3.63, 3.8) is 0 Å². The van der Waals surface area contributed by atoms with E-state index in [4.69, 9.17) is 28.3 Å². The fraction of sp³-hybridized carbons (Fsp3) is 0.571. The summed E-state index contributed by atoms with van der Waals surface area (Å²) in [5, 5.41) is 0. The topological polar surface area (TPSA) is 27.7 Å². The van der Waals surface area contributed by atoms with E-state index < -0.39 is 8.60 Å². The highest BCUT2D eigenvalue weighted by Crippen LogP contribution is 2.49. The molecule has 114 valence electrons. The average Bonchev–Trinajstić information content (AvgIpc) is 2.33. The summed E-state index contributed by atoms with van der Waals surface area (Å²) in [4.78, 5) is 0. The van der Waals surface area contributed by atoms with E-state index in [-0.39, 0.29) is 10.8 Å². The van der Waals surface area contributed by atoms with Crippen molar-refractivity contribution in [3.8, 4) is 5.75 Å². The predicted molar refractivity (Wildman–Crippen MR) is 85.3 cm³/mol. The first-order valence-electron chi connectivity index (χ1n) is 6.30. The zero-order valence-electron chi connectivity index (χ0n) is 12.7. The standard InChI is InChI=1S/C14H21Cl2O3P/c1-13(2,3)10-8-7-9-11(14(4,5)6)12(10)17-20(18-15)19-16/h7-9H,1-6H3. The van der Waals surface area contributed by atoms with Crippen LogP contribution in [0, 0.1) is 0 Å². The predicted octanol–water partition coefficient (Wildman–Crippen LogP) is 6.23. The van der Waals surface area contributed by atoms with Gasteiger partial charge in [-0.1, -0.05) is 59.7 Å². The van der Waals surface area contributed by atoms with Crippen molar-refractivity contribution in [2.24, 2.45) is 0 Å². The molecule has 0 amide bonds. The van der Waals surface area contributed by atoms with Crippen LogP contribution >= 0.6 is 32.3 Å². The Labute approximate surface area is 132 Å².